The summed E-state index contributed by atoms with van der Waals surface area (Å²) in [5.74, 6) is -0.371. The molecule has 1 aromatic rings. The molecule has 1 amide bonds. The molecule has 0 saturated carbocycles. The number of hydrogen-bond donors (Lipinski definition) is 1. The summed E-state index contributed by atoms with van der Waals surface area (Å²) in [6.45, 7) is 1.67. The smallest absolute Gasteiger partial charge is 0.256 e. The maximum Gasteiger partial charge on any atom is 0.256 e. The number of benzene rings is 1. The van der Waals surface area contributed by atoms with Crippen molar-refractivity contribution in [2.45, 2.75) is 25.4 Å². The molecule has 1 aromatic carbocycles. The lowest BCUT2D eigenvalue weighted by Gasteiger charge is -2.25. The third kappa shape index (κ3) is 3.52. The molecule has 1 aliphatic rings. The molecular formula is C14H19FN2O2. The Morgan fingerprint density at radius 1 is 1.42 bits per heavy atom. The first-order chi connectivity index (χ1) is 9.22. The van der Waals surface area contributed by atoms with Gasteiger partial charge >= 0.3 is 0 Å². The van der Waals surface area contributed by atoms with Gasteiger partial charge in [-0.2, -0.15) is 0 Å². The Kier molecular flexibility index (Phi) is 4.87. The Hall–Kier alpha value is -1.46. The van der Waals surface area contributed by atoms with E-state index in [0.29, 0.717) is 31.8 Å². The normalized spacial score (nSPS) is 18.5. The zero-order valence-corrected chi connectivity index (χ0v) is 10.8. The highest BCUT2D eigenvalue weighted by Gasteiger charge is 2.28. The lowest BCUT2D eigenvalue weighted by molar-refractivity contribution is -0.127. The second-order valence-electron chi connectivity index (χ2n) is 4.61. The topological polar surface area (TPSA) is 55.6 Å². The van der Waals surface area contributed by atoms with E-state index < -0.39 is 0 Å². The molecule has 1 fully saturated rings. The van der Waals surface area contributed by atoms with Crippen LogP contribution in [0, 0.1) is 5.82 Å². The van der Waals surface area contributed by atoms with Crippen LogP contribution < -0.4 is 10.6 Å². The molecule has 104 valence electrons. The number of amides is 1. The van der Waals surface area contributed by atoms with Gasteiger partial charge in [0.25, 0.3) is 5.91 Å². The second-order valence-corrected chi connectivity index (χ2v) is 4.61. The van der Waals surface area contributed by atoms with Crippen LogP contribution in [0.3, 0.4) is 0 Å². The Morgan fingerprint density at radius 2 is 2.16 bits per heavy atom. The van der Waals surface area contributed by atoms with Gasteiger partial charge in [0, 0.05) is 18.8 Å². The maximum atomic E-state index is 13.0. The van der Waals surface area contributed by atoms with Crippen molar-refractivity contribution in [3.8, 4) is 0 Å². The zero-order valence-electron chi connectivity index (χ0n) is 10.8. The number of nitrogens with two attached hydrogens (primary N) is 1. The minimum atomic E-state index is -0.372. The second kappa shape index (κ2) is 6.63. The van der Waals surface area contributed by atoms with Crippen molar-refractivity contribution >= 4 is 11.6 Å². The summed E-state index contributed by atoms with van der Waals surface area (Å²) in [7, 11) is 0. The molecule has 0 aromatic heterocycles. The van der Waals surface area contributed by atoms with Crippen LogP contribution in [0.1, 0.15) is 19.3 Å². The van der Waals surface area contributed by atoms with Gasteiger partial charge in [-0.05, 0) is 50.1 Å². The van der Waals surface area contributed by atoms with Gasteiger partial charge in [0.15, 0.2) is 0 Å². The van der Waals surface area contributed by atoms with E-state index in [1.807, 2.05) is 0 Å². The number of rotatable bonds is 5. The lowest BCUT2D eigenvalue weighted by atomic mass is 10.2. The highest BCUT2D eigenvalue weighted by Crippen LogP contribution is 2.21. The van der Waals surface area contributed by atoms with Crippen LogP contribution >= 0.6 is 0 Å². The number of carbonyl (C=O) groups is 1. The summed E-state index contributed by atoms with van der Waals surface area (Å²) in [5.41, 5.74) is 6.19. The molecule has 1 unspecified atom stereocenters. The first-order valence-corrected chi connectivity index (χ1v) is 6.61. The molecule has 4 nitrogen and oxygen atoms in total. The molecule has 1 saturated heterocycles. The van der Waals surface area contributed by atoms with Crippen LogP contribution in [0.2, 0.25) is 0 Å². The van der Waals surface area contributed by atoms with Crippen LogP contribution in [0.15, 0.2) is 24.3 Å². The average molecular weight is 266 g/mol. The predicted molar refractivity (Wildman–Crippen MR) is 71.4 cm³/mol. The van der Waals surface area contributed by atoms with Crippen molar-refractivity contribution in [2.75, 3.05) is 24.6 Å². The van der Waals surface area contributed by atoms with Crippen molar-refractivity contribution in [1.29, 1.82) is 0 Å². The summed E-state index contributed by atoms with van der Waals surface area (Å²) in [6, 6.07) is 5.93. The van der Waals surface area contributed by atoms with Gasteiger partial charge in [-0.15, -0.1) is 0 Å². The van der Waals surface area contributed by atoms with Crippen molar-refractivity contribution in [3.05, 3.63) is 30.1 Å². The van der Waals surface area contributed by atoms with Crippen LogP contribution in [-0.2, 0) is 9.53 Å². The summed E-state index contributed by atoms with van der Waals surface area (Å²) >= 11 is 0. The van der Waals surface area contributed by atoms with E-state index in [0.717, 1.165) is 12.8 Å². The Morgan fingerprint density at radius 3 is 2.74 bits per heavy atom. The van der Waals surface area contributed by atoms with Gasteiger partial charge < -0.3 is 15.4 Å². The fraction of sp³-hybridized carbons (Fsp3) is 0.500. The third-order valence-corrected chi connectivity index (χ3v) is 3.20. The van der Waals surface area contributed by atoms with Crippen LogP contribution in [0.25, 0.3) is 0 Å². The van der Waals surface area contributed by atoms with Crippen LogP contribution in [-0.4, -0.2) is 31.7 Å². The molecule has 2 rings (SSSR count). The number of anilines is 1. The minimum Gasteiger partial charge on any atom is -0.368 e. The highest BCUT2D eigenvalue weighted by molar-refractivity contribution is 5.96. The van der Waals surface area contributed by atoms with E-state index >= 15 is 0 Å². The Labute approximate surface area is 112 Å². The first-order valence-electron chi connectivity index (χ1n) is 6.61. The molecule has 0 radical (unpaired) electrons. The number of halogens is 1. The molecule has 0 bridgehead atoms. The van der Waals surface area contributed by atoms with E-state index in [1.54, 1.807) is 17.0 Å². The number of carbonyl (C=O) groups excluding carboxylic acids is 1. The van der Waals surface area contributed by atoms with E-state index in [-0.39, 0.29) is 17.8 Å². The summed E-state index contributed by atoms with van der Waals surface area (Å²) < 4.78 is 18.4. The highest BCUT2D eigenvalue weighted by atomic mass is 19.1. The first kappa shape index (κ1) is 14.0. The van der Waals surface area contributed by atoms with Gasteiger partial charge in [-0.3, -0.25) is 4.79 Å². The van der Waals surface area contributed by atoms with Crippen molar-refractivity contribution in [1.82, 2.24) is 0 Å². The molecular weight excluding hydrogens is 247 g/mol. The third-order valence-electron chi connectivity index (χ3n) is 3.20. The lowest BCUT2D eigenvalue weighted by Crippen LogP contribution is -2.40. The van der Waals surface area contributed by atoms with Gasteiger partial charge in [0.2, 0.25) is 0 Å². The van der Waals surface area contributed by atoms with Gasteiger partial charge in [0.05, 0.1) is 0 Å². The summed E-state index contributed by atoms with van der Waals surface area (Å²) in [6.07, 6.45) is 1.99. The molecule has 0 spiro atoms. The zero-order chi connectivity index (χ0) is 13.7. The van der Waals surface area contributed by atoms with Crippen molar-refractivity contribution in [2.24, 2.45) is 5.73 Å². The molecule has 0 aliphatic carbocycles. The summed E-state index contributed by atoms with van der Waals surface area (Å²) in [4.78, 5) is 14.0. The van der Waals surface area contributed by atoms with Crippen molar-refractivity contribution in [3.63, 3.8) is 0 Å². The molecule has 5 heteroatoms. The molecule has 2 N–H and O–H groups in total. The van der Waals surface area contributed by atoms with Crippen LogP contribution in [0.4, 0.5) is 10.1 Å². The minimum absolute atomic E-state index is 0.0578. The Bertz CT molecular complexity index is 416. The monoisotopic (exact) mass is 266 g/mol. The molecule has 19 heavy (non-hydrogen) atoms. The number of ether oxygens (including phenoxy) is 1. The summed E-state index contributed by atoms with van der Waals surface area (Å²) in [5, 5.41) is 0. The van der Waals surface area contributed by atoms with Crippen molar-refractivity contribution < 1.29 is 13.9 Å². The molecule has 1 aliphatic heterocycles. The van der Waals surface area contributed by atoms with Gasteiger partial charge in [-0.25, -0.2) is 4.39 Å². The quantitative estimate of drug-likeness (QED) is 0.882. The molecule has 1 atom stereocenters. The SMILES string of the molecule is NCCCN(C(=O)C1CCCO1)c1ccc(F)cc1. The Balaban J connectivity index is 2.14. The van der Waals surface area contributed by atoms with E-state index in [1.165, 1.54) is 12.1 Å². The number of hydrogen-bond acceptors (Lipinski definition) is 3. The van der Waals surface area contributed by atoms with E-state index in [9.17, 15) is 9.18 Å². The van der Waals surface area contributed by atoms with E-state index in [2.05, 4.69) is 0 Å². The fourth-order valence-electron chi connectivity index (χ4n) is 2.18. The van der Waals surface area contributed by atoms with Crippen LogP contribution in [0.5, 0.6) is 0 Å². The maximum absolute atomic E-state index is 13.0. The van der Waals surface area contributed by atoms with Gasteiger partial charge in [-0.1, -0.05) is 0 Å². The van der Waals surface area contributed by atoms with Gasteiger partial charge in [0.1, 0.15) is 11.9 Å². The fourth-order valence-corrected chi connectivity index (χ4v) is 2.18. The average Bonchev–Trinajstić information content (AvgIpc) is 2.95. The predicted octanol–water partition coefficient (Wildman–Crippen LogP) is 1.69. The number of nitrogens with zero attached hydrogens (tertiary/aromatic N) is 1. The standard InChI is InChI=1S/C14H19FN2O2/c15-11-4-6-12(7-5-11)17(9-2-8-16)14(18)13-3-1-10-19-13/h4-7,13H,1-3,8-10,16H2. The van der Waals surface area contributed by atoms with E-state index in [4.69, 9.17) is 10.5 Å². The largest absolute Gasteiger partial charge is 0.368 e. The molecule has 1 heterocycles.